The molecule has 1 amide bonds. The number of anilines is 3. The van der Waals surface area contributed by atoms with Crippen molar-refractivity contribution in [3.05, 3.63) is 89.5 Å². The fourth-order valence-electron chi connectivity index (χ4n) is 4.27. The molecule has 3 aromatic carbocycles. The number of nitrogens with one attached hydrogen (secondary N) is 2. The number of carbonyl (C=O) groups excluding carboxylic acids is 1. The molecule has 32 heavy (non-hydrogen) atoms. The van der Waals surface area contributed by atoms with E-state index < -0.39 is 0 Å². The molecule has 0 radical (unpaired) electrons. The second-order valence-electron chi connectivity index (χ2n) is 8.37. The number of rotatable bonds is 4. The first-order valence-corrected chi connectivity index (χ1v) is 11.3. The Hall–Kier alpha value is -3.31. The summed E-state index contributed by atoms with van der Waals surface area (Å²) < 4.78 is 0. The van der Waals surface area contributed by atoms with Crippen molar-refractivity contribution in [3.8, 4) is 0 Å². The lowest BCUT2D eigenvalue weighted by molar-refractivity contribution is 0.102. The molecule has 0 aliphatic carbocycles. The molecule has 2 aliphatic heterocycles. The Bertz CT molecular complexity index is 999. The molecule has 2 aliphatic rings. The van der Waals surface area contributed by atoms with Crippen LogP contribution in [0.1, 0.15) is 34.3 Å². The maximum absolute atomic E-state index is 12.6. The van der Waals surface area contributed by atoms with Gasteiger partial charge in [-0.1, -0.05) is 24.3 Å². The van der Waals surface area contributed by atoms with E-state index >= 15 is 0 Å². The number of hydrogen-bond acceptors (Lipinski definition) is 4. The molecule has 5 nitrogen and oxygen atoms in total. The van der Waals surface area contributed by atoms with E-state index in [0.717, 1.165) is 37.6 Å². The average Bonchev–Trinajstić information content (AvgIpc) is 3.50. The predicted molar refractivity (Wildman–Crippen MR) is 134 cm³/mol. The Kier molecular flexibility index (Phi) is 7.07. The zero-order valence-electron chi connectivity index (χ0n) is 19.0. The average molecular weight is 429 g/mol. The second kappa shape index (κ2) is 10.3. The lowest BCUT2D eigenvalue weighted by Gasteiger charge is -2.18. The molecular weight excluding hydrogens is 396 g/mol. The van der Waals surface area contributed by atoms with Crippen LogP contribution in [0.15, 0.2) is 72.8 Å². The van der Waals surface area contributed by atoms with Crippen LogP contribution < -0.4 is 20.4 Å². The van der Waals surface area contributed by atoms with Gasteiger partial charge >= 0.3 is 0 Å². The van der Waals surface area contributed by atoms with Crippen molar-refractivity contribution in [1.29, 1.82) is 0 Å². The van der Waals surface area contributed by atoms with Gasteiger partial charge in [-0.25, -0.2) is 0 Å². The highest BCUT2D eigenvalue weighted by atomic mass is 16.1. The minimum absolute atomic E-state index is 0.0739. The van der Waals surface area contributed by atoms with Crippen LogP contribution in [-0.2, 0) is 13.1 Å². The lowest BCUT2D eigenvalue weighted by atomic mass is 10.1. The quantitative estimate of drug-likeness (QED) is 0.621. The van der Waals surface area contributed by atoms with Gasteiger partial charge in [0.2, 0.25) is 0 Å². The fourth-order valence-corrected chi connectivity index (χ4v) is 4.27. The number of amides is 1. The third-order valence-electron chi connectivity index (χ3n) is 5.93. The maximum Gasteiger partial charge on any atom is 0.255 e. The Morgan fingerprint density at radius 3 is 1.78 bits per heavy atom. The van der Waals surface area contributed by atoms with Crippen molar-refractivity contribution in [1.82, 2.24) is 5.32 Å². The molecular formula is C27H32N4O. The van der Waals surface area contributed by atoms with Gasteiger partial charge in [0.1, 0.15) is 0 Å². The van der Waals surface area contributed by atoms with Gasteiger partial charge in [0.25, 0.3) is 5.91 Å². The fraction of sp³-hybridized carbons (Fsp3) is 0.296. The van der Waals surface area contributed by atoms with Crippen molar-refractivity contribution in [2.24, 2.45) is 0 Å². The summed E-state index contributed by atoms with van der Waals surface area (Å²) in [5.41, 5.74) is 6.65. The van der Waals surface area contributed by atoms with Crippen molar-refractivity contribution in [3.63, 3.8) is 0 Å². The molecule has 3 aromatic rings. The van der Waals surface area contributed by atoms with Crippen LogP contribution in [0.2, 0.25) is 0 Å². The predicted octanol–water partition coefficient (Wildman–Crippen LogP) is 4.89. The van der Waals surface area contributed by atoms with Crippen LogP contribution in [0.5, 0.6) is 0 Å². The third kappa shape index (κ3) is 5.11. The standard InChI is InChI=1S/C25H25N3O.C2H7N/c29-25(26-22-9-13-23(14-10-22)27-15-3-4-16-27)19-7-11-24(12-8-19)28-17-20-5-1-2-6-21(20)18-28;1-3-2/h1-2,5-14H,3-4,15-18H2,(H,26,29);3H,1-2H3. The molecule has 5 rings (SSSR count). The number of nitrogens with zero attached hydrogens (tertiary/aromatic N) is 2. The van der Waals surface area contributed by atoms with Gasteiger partial charge in [0.15, 0.2) is 0 Å². The first-order valence-electron chi connectivity index (χ1n) is 11.3. The Morgan fingerprint density at radius 1 is 0.719 bits per heavy atom. The van der Waals surface area contributed by atoms with Crippen molar-refractivity contribution < 1.29 is 4.79 Å². The zero-order chi connectivity index (χ0) is 22.3. The van der Waals surface area contributed by atoms with E-state index in [2.05, 4.69) is 56.8 Å². The molecule has 166 valence electrons. The zero-order valence-corrected chi connectivity index (χ0v) is 19.0. The molecule has 5 heteroatoms. The summed E-state index contributed by atoms with van der Waals surface area (Å²) in [6, 6.07) is 24.6. The summed E-state index contributed by atoms with van der Waals surface area (Å²) in [7, 11) is 3.75. The topological polar surface area (TPSA) is 47.6 Å². The summed E-state index contributed by atoms with van der Waals surface area (Å²) in [6.45, 7) is 4.09. The minimum Gasteiger partial charge on any atom is -0.372 e. The molecule has 2 heterocycles. The van der Waals surface area contributed by atoms with Gasteiger partial charge in [0.05, 0.1) is 0 Å². The molecule has 2 N–H and O–H groups in total. The second-order valence-corrected chi connectivity index (χ2v) is 8.37. The van der Waals surface area contributed by atoms with Crippen LogP contribution in [-0.4, -0.2) is 33.1 Å². The number of benzene rings is 3. The largest absolute Gasteiger partial charge is 0.372 e. The molecule has 1 saturated heterocycles. The Labute approximate surface area is 191 Å². The van der Waals surface area contributed by atoms with E-state index in [1.165, 1.54) is 29.7 Å². The van der Waals surface area contributed by atoms with Gasteiger partial charge in [-0.15, -0.1) is 0 Å². The van der Waals surface area contributed by atoms with E-state index in [0.29, 0.717) is 5.56 Å². The normalized spacial score (nSPS) is 14.6. The van der Waals surface area contributed by atoms with E-state index in [1.54, 1.807) is 0 Å². The summed E-state index contributed by atoms with van der Waals surface area (Å²) in [4.78, 5) is 17.4. The molecule has 0 aromatic heterocycles. The summed E-state index contributed by atoms with van der Waals surface area (Å²) in [6.07, 6.45) is 2.52. The van der Waals surface area contributed by atoms with Gasteiger partial charge in [-0.05, 0) is 86.6 Å². The summed E-state index contributed by atoms with van der Waals surface area (Å²) in [5.74, 6) is -0.0739. The highest BCUT2D eigenvalue weighted by Crippen LogP contribution is 2.28. The molecule has 0 spiro atoms. The maximum atomic E-state index is 12.6. The first-order chi connectivity index (χ1) is 15.7. The Balaban J connectivity index is 0.000000775. The molecule has 0 atom stereocenters. The van der Waals surface area contributed by atoms with Gasteiger partial charge in [0, 0.05) is 48.8 Å². The van der Waals surface area contributed by atoms with E-state index in [-0.39, 0.29) is 5.91 Å². The Morgan fingerprint density at radius 2 is 1.22 bits per heavy atom. The number of fused-ring (bicyclic) bond motifs is 1. The molecule has 0 saturated carbocycles. The smallest absolute Gasteiger partial charge is 0.255 e. The van der Waals surface area contributed by atoms with Crippen molar-refractivity contribution in [2.45, 2.75) is 25.9 Å². The monoisotopic (exact) mass is 428 g/mol. The van der Waals surface area contributed by atoms with Gasteiger partial charge in [-0.2, -0.15) is 0 Å². The van der Waals surface area contributed by atoms with Crippen LogP contribution >= 0.6 is 0 Å². The van der Waals surface area contributed by atoms with Crippen LogP contribution in [0.4, 0.5) is 17.1 Å². The van der Waals surface area contributed by atoms with Crippen molar-refractivity contribution >= 4 is 23.0 Å². The van der Waals surface area contributed by atoms with E-state index in [4.69, 9.17) is 0 Å². The molecule has 1 fully saturated rings. The SMILES string of the molecule is CNC.O=C(Nc1ccc(N2CCCC2)cc1)c1ccc(N2Cc3ccccc3C2)cc1. The van der Waals surface area contributed by atoms with Gasteiger partial charge in [-0.3, -0.25) is 4.79 Å². The third-order valence-corrected chi connectivity index (χ3v) is 5.93. The van der Waals surface area contributed by atoms with Gasteiger partial charge < -0.3 is 20.4 Å². The van der Waals surface area contributed by atoms with Crippen LogP contribution in [0, 0.1) is 0 Å². The van der Waals surface area contributed by atoms with E-state index in [9.17, 15) is 4.79 Å². The molecule has 0 bridgehead atoms. The summed E-state index contributed by atoms with van der Waals surface area (Å²) in [5, 5.41) is 5.76. The number of hydrogen-bond donors (Lipinski definition) is 2. The van der Waals surface area contributed by atoms with Crippen LogP contribution in [0.25, 0.3) is 0 Å². The first kappa shape index (κ1) is 21.9. The summed E-state index contributed by atoms with van der Waals surface area (Å²) >= 11 is 0. The number of carbonyl (C=O) groups is 1. The lowest BCUT2D eigenvalue weighted by Crippen LogP contribution is -2.17. The highest BCUT2D eigenvalue weighted by Gasteiger charge is 2.19. The highest BCUT2D eigenvalue weighted by molar-refractivity contribution is 6.04. The minimum atomic E-state index is -0.0739. The van der Waals surface area contributed by atoms with Crippen LogP contribution in [0.3, 0.4) is 0 Å². The van der Waals surface area contributed by atoms with Crippen molar-refractivity contribution in [2.75, 3.05) is 42.3 Å². The molecule has 0 unspecified atom stereocenters. The van der Waals surface area contributed by atoms with E-state index in [1.807, 2.05) is 50.5 Å².